The van der Waals surface area contributed by atoms with Crippen LogP contribution in [0.4, 0.5) is 0 Å². The fourth-order valence-electron chi connectivity index (χ4n) is 6.16. The number of piperidine rings is 1. The molecule has 0 amide bonds. The van der Waals surface area contributed by atoms with Crippen molar-refractivity contribution in [3.8, 4) is 5.75 Å². The number of hydrogen-bond acceptors (Lipinski definition) is 4. The number of fused-ring (bicyclic) bond motifs is 1. The first-order valence-corrected chi connectivity index (χ1v) is 10.3. The van der Waals surface area contributed by atoms with E-state index in [4.69, 9.17) is 4.74 Å². The quantitative estimate of drug-likeness (QED) is 0.668. The maximum atomic E-state index is 12.0. The van der Waals surface area contributed by atoms with E-state index in [9.17, 15) is 9.90 Å². The summed E-state index contributed by atoms with van der Waals surface area (Å²) < 4.78 is 5.38. The zero-order valence-electron chi connectivity index (χ0n) is 15.7. The molecule has 5 rings (SSSR count). The standard InChI is InChI=1S/C22H29NO3/c1-15(24)26-18-7-6-17-12-20-22(25)9-3-2-8-21(22,19(17)13-18)10-11-23(20)14-16-4-5-16/h6-7,13,16,20,25H,2-5,8-12,14H2,1H3/t20-,21+,22?/m1/s1. The van der Waals surface area contributed by atoms with Gasteiger partial charge in [-0.25, -0.2) is 0 Å². The van der Waals surface area contributed by atoms with Gasteiger partial charge in [-0.05, 0) is 74.2 Å². The summed E-state index contributed by atoms with van der Waals surface area (Å²) in [5, 5.41) is 12.0. The summed E-state index contributed by atoms with van der Waals surface area (Å²) in [5.74, 6) is 1.19. The van der Waals surface area contributed by atoms with Gasteiger partial charge in [0.2, 0.25) is 0 Å². The maximum absolute atomic E-state index is 12.0. The molecule has 0 radical (unpaired) electrons. The average Bonchev–Trinajstić information content (AvgIpc) is 3.41. The molecule has 3 fully saturated rings. The Morgan fingerprint density at radius 2 is 2.08 bits per heavy atom. The molecule has 3 aliphatic carbocycles. The second-order valence-corrected chi connectivity index (χ2v) is 9.03. The third kappa shape index (κ3) is 2.38. The lowest BCUT2D eigenvalue weighted by molar-refractivity contribution is -0.166. The Kier molecular flexibility index (Phi) is 3.74. The molecule has 4 nitrogen and oxygen atoms in total. The number of likely N-dealkylation sites (tertiary alicyclic amines) is 1. The Morgan fingerprint density at radius 1 is 1.27 bits per heavy atom. The fourth-order valence-corrected chi connectivity index (χ4v) is 6.16. The largest absolute Gasteiger partial charge is 0.427 e. The minimum atomic E-state index is -0.639. The molecule has 1 aromatic carbocycles. The first-order chi connectivity index (χ1) is 12.5. The summed E-state index contributed by atoms with van der Waals surface area (Å²) in [6, 6.07) is 6.35. The number of ether oxygens (including phenoxy) is 1. The highest BCUT2D eigenvalue weighted by atomic mass is 16.5. The predicted octanol–water partition coefficient (Wildman–Crippen LogP) is 3.20. The van der Waals surface area contributed by atoms with Crippen molar-refractivity contribution in [2.45, 2.75) is 75.3 Å². The summed E-state index contributed by atoms with van der Waals surface area (Å²) in [6.07, 6.45) is 8.89. The van der Waals surface area contributed by atoms with Gasteiger partial charge in [0.25, 0.3) is 0 Å². The van der Waals surface area contributed by atoms with E-state index < -0.39 is 5.60 Å². The van der Waals surface area contributed by atoms with Crippen LogP contribution in [0, 0.1) is 5.92 Å². The minimum absolute atomic E-state index is 0.167. The van der Waals surface area contributed by atoms with Crippen LogP contribution in [0.1, 0.15) is 63.0 Å². The monoisotopic (exact) mass is 355 g/mol. The van der Waals surface area contributed by atoms with Crippen molar-refractivity contribution in [3.63, 3.8) is 0 Å². The van der Waals surface area contributed by atoms with Gasteiger partial charge in [-0.3, -0.25) is 9.69 Å². The number of esters is 1. The summed E-state index contributed by atoms with van der Waals surface area (Å²) in [4.78, 5) is 14.0. The SMILES string of the molecule is CC(=O)Oc1ccc2c(c1)[C@@]13CCCCC1(O)[C@@H](C2)N(CC1CC1)CC3. The van der Waals surface area contributed by atoms with Crippen molar-refractivity contribution >= 4 is 5.97 Å². The van der Waals surface area contributed by atoms with Gasteiger partial charge in [0.05, 0.1) is 5.60 Å². The van der Waals surface area contributed by atoms with Crippen molar-refractivity contribution in [2.24, 2.45) is 5.92 Å². The van der Waals surface area contributed by atoms with Crippen molar-refractivity contribution < 1.29 is 14.6 Å². The van der Waals surface area contributed by atoms with Crippen LogP contribution >= 0.6 is 0 Å². The Bertz CT molecular complexity index is 743. The second kappa shape index (κ2) is 5.80. The van der Waals surface area contributed by atoms with Crippen LogP contribution in [0.15, 0.2) is 18.2 Å². The summed E-state index contributed by atoms with van der Waals surface area (Å²) >= 11 is 0. The van der Waals surface area contributed by atoms with Crippen LogP contribution < -0.4 is 4.74 Å². The molecule has 1 heterocycles. The molecule has 3 atom stereocenters. The molecule has 1 saturated heterocycles. The average molecular weight is 355 g/mol. The van der Waals surface area contributed by atoms with Gasteiger partial charge in [0.1, 0.15) is 5.75 Å². The van der Waals surface area contributed by atoms with Crippen LogP contribution in [0.3, 0.4) is 0 Å². The van der Waals surface area contributed by atoms with E-state index in [0.29, 0.717) is 5.75 Å². The first kappa shape index (κ1) is 16.8. The lowest BCUT2D eigenvalue weighted by atomic mass is 9.49. The fraction of sp³-hybridized carbons (Fsp3) is 0.682. The molecule has 1 unspecified atom stereocenters. The number of nitrogens with zero attached hydrogens (tertiary/aromatic N) is 1. The number of benzene rings is 1. The zero-order valence-corrected chi connectivity index (χ0v) is 15.7. The van der Waals surface area contributed by atoms with Gasteiger partial charge < -0.3 is 9.84 Å². The van der Waals surface area contributed by atoms with Crippen LogP contribution in [0.25, 0.3) is 0 Å². The van der Waals surface area contributed by atoms with E-state index >= 15 is 0 Å². The number of carbonyl (C=O) groups is 1. The molecular formula is C22H29NO3. The van der Waals surface area contributed by atoms with Crippen molar-refractivity contribution in [1.29, 1.82) is 0 Å². The molecule has 4 heteroatoms. The van der Waals surface area contributed by atoms with E-state index in [1.165, 1.54) is 37.3 Å². The second-order valence-electron chi connectivity index (χ2n) is 9.03. The van der Waals surface area contributed by atoms with Crippen molar-refractivity contribution in [1.82, 2.24) is 4.90 Å². The van der Waals surface area contributed by atoms with E-state index in [2.05, 4.69) is 17.0 Å². The molecule has 4 aliphatic rings. The molecule has 26 heavy (non-hydrogen) atoms. The van der Waals surface area contributed by atoms with Gasteiger partial charge in [-0.1, -0.05) is 18.9 Å². The zero-order chi connectivity index (χ0) is 17.9. The maximum Gasteiger partial charge on any atom is 0.308 e. The van der Waals surface area contributed by atoms with Gasteiger partial charge in [-0.15, -0.1) is 0 Å². The van der Waals surface area contributed by atoms with Gasteiger partial charge >= 0.3 is 5.97 Å². The Labute approximate surface area is 155 Å². The normalized spacial score (nSPS) is 36.2. The van der Waals surface area contributed by atoms with Crippen LogP contribution in [-0.2, 0) is 16.6 Å². The molecule has 0 aromatic heterocycles. The van der Waals surface area contributed by atoms with Crippen LogP contribution in [0.2, 0.25) is 0 Å². The van der Waals surface area contributed by atoms with E-state index in [-0.39, 0.29) is 17.4 Å². The van der Waals surface area contributed by atoms with Crippen molar-refractivity contribution in [2.75, 3.05) is 13.1 Å². The molecule has 140 valence electrons. The Hall–Kier alpha value is -1.39. The molecule has 2 saturated carbocycles. The van der Waals surface area contributed by atoms with Gasteiger partial charge in [0, 0.05) is 24.9 Å². The Morgan fingerprint density at radius 3 is 2.85 bits per heavy atom. The number of rotatable bonds is 3. The lowest BCUT2D eigenvalue weighted by Gasteiger charge is -2.64. The lowest BCUT2D eigenvalue weighted by Crippen LogP contribution is -2.72. The van der Waals surface area contributed by atoms with Gasteiger partial charge in [0.15, 0.2) is 0 Å². The first-order valence-electron chi connectivity index (χ1n) is 10.3. The molecule has 0 spiro atoms. The molecule has 1 aromatic rings. The molecule has 1 N–H and O–H groups in total. The number of hydrogen-bond donors (Lipinski definition) is 1. The number of aliphatic hydroxyl groups is 1. The van der Waals surface area contributed by atoms with Crippen molar-refractivity contribution in [3.05, 3.63) is 29.3 Å². The molecule has 2 bridgehead atoms. The molecular weight excluding hydrogens is 326 g/mol. The third-order valence-corrected chi connectivity index (χ3v) is 7.52. The molecule has 1 aliphatic heterocycles. The van der Waals surface area contributed by atoms with Crippen LogP contribution in [0.5, 0.6) is 5.75 Å². The van der Waals surface area contributed by atoms with Crippen LogP contribution in [-0.4, -0.2) is 40.7 Å². The van der Waals surface area contributed by atoms with E-state index in [1.54, 1.807) is 0 Å². The minimum Gasteiger partial charge on any atom is -0.427 e. The highest BCUT2D eigenvalue weighted by Crippen LogP contribution is 2.58. The predicted molar refractivity (Wildman–Crippen MR) is 99.3 cm³/mol. The third-order valence-electron chi connectivity index (χ3n) is 7.52. The smallest absolute Gasteiger partial charge is 0.308 e. The van der Waals surface area contributed by atoms with E-state index in [0.717, 1.165) is 51.1 Å². The highest BCUT2D eigenvalue weighted by molar-refractivity contribution is 5.69. The number of carbonyl (C=O) groups excluding carboxylic acids is 1. The Balaban J connectivity index is 1.59. The topological polar surface area (TPSA) is 49.8 Å². The van der Waals surface area contributed by atoms with Gasteiger partial charge in [-0.2, -0.15) is 0 Å². The summed E-state index contributed by atoms with van der Waals surface area (Å²) in [7, 11) is 0. The highest BCUT2D eigenvalue weighted by Gasteiger charge is 2.63. The van der Waals surface area contributed by atoms with E-state index in [1.807, 2.05) is 6.07 Å². The summed E-state index contributed by atoms with van der Waals surface area (Å²) in [5.41, 5.74) is 1.79. The summed E-state index contributed by atoms with van der Waals surface area (Å²) in [6.45, 7) is 3.69.